The molecule has 1 heterocycles. The molecule has 0 amide bonds. The van der Waals surface area contributed by atoms with Gasteiger partial charge in [0.2, 0.25) is 0 Å². The van der Waals surface area contributed by atoms with Gasteiger partial charge in [-0.05, 0) is 18.6 Å². The molecule has 88 valence electrons. The summed E-state index contributed by atoms with van der Waals surface area (Å²) in [6, 6.07) is 9.00. The van der Waals surface area contributed by atoms with Gasteiger partial charge in [-0.3, -0.25) is 4.79 Å². The SMILES string of the molecule is CC(N)c1ccccc1Nc1cc(=O)[nH]cn1. The van der Waals surface area contributed by atoms with E-state index < -0.39 is 0 Å². The third-order valence-corrected chi connectivity index (χ3v) is 2.39. The van der Waals surface area contributed by atoms with Crippen LogP contribution in [0.15, 0.2) is 41.5 Å². The van der Waals surface area contributed by atoms with Gasteiger partial charge in [-0.25, -0.2) is 4.98 Å². The summed E-state index contributed by atoms with van der Waals surface area (Å²) < 4.78 is 0. The lowest BCUT2D eigenvalue weighted by Crippen LogP contribution is -2.10. The summed E-state index contributed by atoms with van der Waals surface area (Å²) in [5.41, 5.74) is 7.52. The predicted octanol–water partition coefficient (Wildman–Crippen LogP) is 1.53. The minimum atomic E-state index is -0.194. The van der Waals surface area contributed by atoms with E-state index in [1.807, 2.05) is 31.2 Å². The van der Waals surface area contributed by atoms with Crippen molar-refractivity contribution in [3.8, 4) is 0 Å². The fraction of sp³-hybridized carbons (Fsp3) is 0.167. The number of rotatable bonds is 3. The van der Waals surface area contributed by atoms with Crippen LogP contribution in [-0.2, 0) is 0 Å². The smallest absolute Gasteiger partial charge is 0.252 e. The summed E-state index contributed by atoms with van der Waals surface area (Å²) in [7, 11) is 0. The monoisotopic (exact) mass is 230 g/mol. The summed E-state index contributed by atoms with van der Waals surface area (Å²) in [5.74, 6) is 0.502. The minimum Gasteiger partial charge on any atom is -0.340 e. The van der Waals surface area contributed by atoms with E-state index in [9.17, 15) is 4.79 Å². The zero-order valence-electron chi connectivity index (χ0n) is 9.47. The van der Waals surface area contributed by atoms with Crippen LogP contribution in [0.3, 0.4) is 0 Å². The van der Waals surface area contributed by atoms with Crippen LogP contribution >= 0.6 is 0 Å². The van der Waals surface area contributed by atoms with Gasteiger partial charge in [-0.1, -0.05) is 18.2 Å². The van der Waals surface area contributed by atoms with Gasteiger partial charge in [0.15, 0.2) is 0 Å². The number of hydrogen-bond acceptors (Lipinski definition) is 4. The zero-order chi connectivity index (χ0) is 12.3. The number of nitrogens with zero attached hydrogens (tertiary/aromatic N) is 1. The molecule has 1 atom stereocenters. The third kappa shape index (κ3) is 2.70. The molecule has 0 saturated carbocycles. The second kappa shape index (κ2) is 4.80. The molecule has 2 rings (SSSR count). The van der Waals surface area contributed by atoms with Crippen LogP contribution < -0.4 is 16.6 Å². The Labute approximate surface area is 98.7 Å². The largest absolute Gasteiger partial charge is 0.340 e. The number of nitrogens with one attached hydrogen (secondary N) is 2. The molecule has 5 nitrogen and oxygen atoms in total. The fourth-order valence-corrected chi connectivity index (χ4v) is 1.58. The van der Waals surface area contributed by atoms with Crippen molar-refractivity contribution in [1.82, 2.24) is 9.97 Å². The number of nitrogens with two attached hydrogens (primary N) is 1. The quantitative estimate of drug-likeness (QED) is 0.746. The average molecular weight is 230 g/mol. The van der Waals surface area contributed by atoms with Crippen LogP contribution in [0, 0.1) is 0 Å². The first-order valence-corrected chi connectivity index (χ1v) is 5.33. The van der Waals surface area contributed by atoms with Crippen LogP contribution in [-0.4, -0.2) is 9.97 Å². The number of aromatic amines is 1. The van der Waals surface area contributed by atoms with Gasteiger partial charge in [0.05, 0.1) is 6.33 Å². The van der Waals surface area contributed by atoms with E-state index >= 15 is 0 Å². The van der Waals surface area contributed by atoms with Gasteiger partial charge >= 0.3 is 0 Å². The number of para-hydroxylation sites is 1. The van der Waals surface area contributed by atoms with E-state index in [0.717, 1.165) is 11.3 Å². The van der Waals surface area contributed by atoms with Gasteiger partial charge in [0.25, 0.3) is 5.56 Å². The van der Waals surface area contributed by atoms with Gasteiger partial charge in [0, 0.05) is 17.8 Å². The number of anilines is 2. The van der Waals surface area contributed by atoms with Gasteiger partial charge in [-0.2, -0.15) is 0 Å². The molecule has 1 unspecified atom stereocenters. The van der Waals surface area contributed by atoms with Crippen molar-refractivity contribution < 1.29 is 0 Å². The molecule has 0 radical (unpaired) electrons. The maximum Gasteiger partial charge on any atom is 0.252 e. The lowest BCUT2D eigenvalue weighted by atomic mass is 10.1. The number of H-pyrrole nitrogens is 1. The Hall–Kier alpha value is -2.14. The summed E-state index contributed by atoms with van der Waals surface area (Å²) in [5, 5.41) is 3.08. The Morgan fingerprint density at radius 1 is 1.41 bits per heavy atom. The molecule has 4 N–H and O–H groups in total. The standard InChI is InChI=1S/C12H14N4O/c1-8(13)9-4-2-3-5-10(9)16-11-6-12(17)15-7-14-11/h2-8H,13H2,1H3,(H2,14,15,16,17). The first-order chi connectivity index (χ1) is 8.16. The molecule has 0 spiro atoms. The molecule has 0 bridgehead atoms. The molecule has 0 aliphatic rings. The number of aromatic nitrogens is 2. The van der Waals surface area contributed by atoms with Crippen molar-refractivity contribution in [2.24, 2.45) is 5.73 Å². The van der Waals surface area contributed by atoms with Crippen LogP contribution in [0.5, 0.6) is 0 Å². The third-order valence-electron chi connectivity index (χ3n) is 2.39. The Morgan fingerprint density at radius 2 is 2.18 bits per heavy atom. The van der Waals surface area contributed by atoms with Crippen LogP contribution in [0.1, 0.15) is 18.5 Å². The molecular weight excluding hydrogens is 216 g/mol. The molecule has 0 aliphatic carbocycles. The average Bonchev–Trinajstić information content (AvgIpc) is 2.29. The maximum atomic E-state index is 11.1. The predicted molar refractivity (Wildman–Crippen MR) is 67.2 cm³/mol. The van der Waals surface area contributed by atoms with E-state index in [-0.39, 0.29) is 11.6 Å². The van der Waals surface area contributed by atoms with Crippen LogP contribution in [0.4, 0.5) is 11.5 Å². The second-order valence-corrected chi connectivity index (χ2v) is 3.80. The number of benzene rings is 1. The summed E-state index contributed by atoms with van der Waals surface area (Å²) >= 11 is 0. The van der Waals surface area contributed by atoms with E-state index in [1.165, 1.54) is 12.4 Å². The van der Waals surface area contributed by atoms with E-state index in [1.54, 1.807) is 0 Å². The minimum absolute atomic E-state index is 0.0827. The van der Waals surface area contributed by atoms with Crippen LogP contribution in [0.25, 0.3) is 0 Å². The van der Waals surface area contributed by atoms with Crippen molar-refractivity contribution in [1.29, 1.82) is 0 Å². The molecule has 1 aromatic carbocycles. The van der Waals surface area contributed by atoms with Crippen molar-refractivity contribution in [3.05, 3.63) is 52.6 Å². The first kappa shape index (κ1) is 11.3. The lowest BCUT2D eigenvalue weighted by molar-refractivity contribution is 0.820. The van der Waals surface area contributed by atoms with E-state index in [4.69, 9.17) is 5.73 Å². The highest BCUT2D eigenvalue weighted by molar-refractivity contribution is 5.60. The normalized spacial score (nSPS) is 12.1. The second-order valence-electron chi connectivity index (χ2n) is 3.80. The topological polar surface area (TPSA) is 83.8 Å². The molecular formula is C12H14N4O. The fourth-order valence-electron chi connectivity index (χ4n) is 1.58. The highest BCUT2D eigenvalue weighted by atomic mass is 16.1. The van der Waals surface area contributed by atoms with Gasteiger partial charge in [-0.15, -0.1) is 0 Å². The van der Waals surface area contributed by atoms with E-state index in [0.29, 0.717) is 5.82 Å². The van der Waals surface area contributed by atoms with Crippen molar-refractivity contribution in [2.45, 2.75) is 13.0 Å². The highest BCUT2D eigenvalue weighted by Gasteiger charge is 2.06. The summed E-state index contributed by atoms with van der Waals surface area (Å²) in [4.78, 5) is 17.6. The Morgan fingerprint density at radius 3 is 2.88 bits per heavy atom. The zero-order valence-corrected chi connectivity index (χ0v) is 9.47. The van der Waals surface area contributed by atoms with E-state index in [2.05, 4.69) is 15.3 Å². The molecule has 17 heavy (non-hydrogen) atoms. The molecule has 2 aromatic rings. The van der Waals surface area contributed by atoms with Gasteiger partial charge in [0.1, 0.15) is 5.82 Å². The highest BCUT2D eigenvalue weighted by Crippen LogP contribution is 2.23. The molecule has 0 saturated heterocycles. The van der Waals surface area contributed by atoms with Gasteiger partial charge < -0.3 is 16.0 Å². The molecule has 5 heteroatoms. The lowest BCUT2D eigenvalue weighted by Gasteiger charge is -2.13. The summed E-state index contributed by atoms with van der Waals surface area (Å²) in [6.45, 7) is 1.91. The molecule has 0 fully saturated rings. The number of hydrogen-bond donors (Lipinski definition) is 3. The van der Waals surface area contributed by atoms with Crippen LogP contribution in [0.2, 0.25) is 0 Å². The molecule has 1 aromatic heterocycles. The maximum absolute atomic E-state index is 11.1. The van der Waals surface area contributed by atoms with Crippen molar-refractivity contribution in [2.75, 3.05) is 5.32 Å². The molecule has 0 aliphatic heterocycles. The Bertz CT molecular complexity index is 562. The van der Waals surface area contributed by atoms with Crippen molar-refractivity contribution in [3.63, 3.8) is 0 Å². The Kier molecular flexibility index (Phi) is 3.20. The Balaban J connectivity index is 2.33. The van der Waals surface area contributed by atoms with Crippen molar-refractivity contribution >= 4 is 11.5 Å². The summed E-state index contributed by atoms with van der Waals surface area (Å²) in [6.07, 6.45) is 1.36. The first-order valence-electron chi connectivity index (χ1n) is 5.33.